The molecule has 2 rings (SSSR count). The van der Waals surface area contributed by atoms with E-state index >= 15 is 0 Å². The fourth-order valence-electron chi connectivity index (χ4n) is 11.6. The third kappa shape index (κ3) is 42.9. The monoisotopic (exact) mass is 1260 g/mol. The van der Waals surface area contributed by atoms with Gasteiger partial charge in [-0.3, -0.25) is 4.79 Å². The molecule has 0 aromatic carbocycles. The molecule has 14 nitrogen and oxygen atoms in total. The second-order valence-electron chi connectivity index (χ2n) is 25.3. The zero-order valence-electron chi connectivity index (χ0n) is 56.2. The van der Waals surface area contributed by atoms with Gasteiger partial charge < -0.3 is 65.1 Å². The first kappa shape index (κ1) is 82.3. The minimum Gasteiger partial charge on any atom is -0.394 e. The van der Waals surface area contributed by atoms with Gasteiger partial charge in [0, 0.05) is 6.42 Å². The minimum atomic E-state index is -1.79. The van der Waals surface area contributed by atoms with Crippen LogP contribution in [0.5, 0.6) is 0 Å². The highest BCUT2D eigenvalue weighted by Gasteiger charge is 2.51. The first-order valence-corrected chi connectivity index (χ1v) is 36.3. The molecule has 2 saturated heterocycles. The van der Waals surface area contributed by atoms with Gasteiger partial charge in [0.1, 0.15) is 48.8 Å². The number of carbonyl (C=O) groups excluding carboxylic acids is 1. The third-order valence-electron chi connectivity index (χ3n) is 17.4. The van der Waals surface area contributed by atoms with E-state index in [9.17, 15) is 45.6 Å². The average Bonchev–Trinajstić information content (AvgIpc) is 2.51. The number of nitrogens with one attached hydrogen (secondary N) is 1. The molecule has 12 unspecified atom stereocenters. The van der Waals surface area contributed by atoms with E-state index in [1.165, 1.54) is 148 Å². The number of hydrogen-bond acceptors (Lipinski definition) is 13. The van der Waals surface area contributed by atoms with Gasteiger partial charge in [-0.1, -0.05) is 298 Å². The van der Waals surface area contributed by atoms with Crippen LogP contribution in [0.1, 0.15) is 290 Å². The lowest BCUT2D eigenvalue weighted by Gasteiger charge is -2.46. The van der Waals surface area contributed by atoms with E-state index in [-0.39, 0.29) is 18.9 Å². The molecular weight excluding hydrogens is 1120 g/mol. The van der Waals surface area contributed by atoms with Gasteiger partial charge in [-0.25, -0.2) is 0 Å². The number of rotatable bonds is 59. The van der Waals surface area contributed by atoms with Crippen molar-refractivity contribution < 1.29 is 64.6 Å². The van der Waals surface area contributed by atoms with Crippen LogP contribution in [0.3, 0.4) is 0 Å². The fraction of sp³-hybridized carbons (Fsp3) is 0.800. The lowest BCUT2D eigenvalue weighted by atomic mass is 9.97. The van der Waals surface area contributed by atoms with E-state index in [1.807, 2.05) is 0 Å². The molecule has 0 spiro atoms. The summed E-state index contributed by atoms with van der Waals surface area (Å²) in [4.78, 5) is 13.4. The average molecular weight is 1260 g/mol. The van der Waals surface area contributed by atoms with Crippen LogP contribution in [0.2, 0.25) is 0 Å². The van der Waals surface area contributed by atoms with Crippen molar-refractivity contribution in [3.63, 3.8) is 0 Å². The molecule has 14 heteroatoms. The fourth-order valence-corrected chi connectivity index (χ4v) is 11.6. The van der Waals surface area contributed by atoms with Crippen LogP contribution in [0.15, 0.2) is 85.1 Å². The summed E-state index contributed by atoms with van der Waals surface area (Å²) in [6, 6.07) is -0.843. The van der Waals surface area contributed by atoms with Gasteiger partial charge in [-0.05, 0) is 70.6 Å². The number of carbonyl (C=O) groups is 1. The third-order valence-corrected chi connectivity index (χ3v) is 17.4. The maximum absolute atomic E-state index is 13.4. The first-order chi connectivity index (χ1) is 43.6. The van der Waals surface area contributed by atoms with Crippen LogP contribution < -0.4 is 5.32 Å². The van der Waals surface area contributed by atoms with Crippen LogP contribution in [0.4, 0.5) is 0 Å². The summed E-state index contributed by atoms with van der Waals surface area (Å²) in [5, 5.41) is 87.7. The smallest absolute Gasteiger partial charge is 0.220 e. The molecule has 0 saturated carbocycles. The Bertz CT molecular complexity index is 1820. The maximum Gasteiger partial charge on any atom is 0.220 e. The van der Waals surface area contributed by atoms with E-state index in [1.54, 1.807) is 0 Å². The Morgan fingerprint density at radius 2 is 0.775 bits per heavy atom. The predicted molar refractivity (Wildman–Crippen MR) is 364 cm³/mol. The number of unbranched alkanes of at least 4 members (excludes halogenated alkanes) is 32. The molecule has 0 aromatic heterocycles. The molecule has 9 N–H and O–H groups in total. The Morgan fingerprint density at radius 1 is 0.416 bits per heavy atom. The van der Waals surface area contributed by atoms with Crippen molar-refractivity contribution in [3.8, 4) is 0 Å². The summed E-state index contributed by atoms with van der Waals surface area (Å²) in [5.74, 6) is -0.218. The van der Waals surface area contributed by atoms with Gasteiger partial charge in [0.05, 0.1) is 32.0 Å². The highest BCUT2D eigenvalue weighted by atomic mass is 16.7. The van der Waals surface area contributed by atoms with Crippen molar-refractivity contribution in [2.24, 2.45) is 0 Å². The van der Waals surface area contributed by atoms with E-state index in [2.05, 4.69) is 104 Å². The van der Waals surface area contributed by atoms with E-state index in [4.69, 9.17) is 18.9 Å². The quantitative estimate of drug-likeness (QED) is 0.0204. The molecule has 2 fully saturated rings. The zero-order valence-corrected chi connectivity index (χ0v) is 56.2. The second-order valence-corrected chi connectivity index (χ2v) is 25.3. The molecule has 0 bridgehead atoms. The first-order valence-electron chi connectivity index (χ1n) is 36.3. The van der Waals surface area contributed by atoms with Gasteiger partial charge in [0.15, 0.2) is 12.6 Å². The lowest BCUT2D eigenvalue weighted by Crippen LogP contribution is -2.65. The summed E-state index contributed by atoms with van der Waals surface area (Å²) in [5.41, 5.74) is 0. The van der Waals surface area contributed by atoms with Crippen molar-refractivity contribution in [2.75, 3.05) is 19.8 Å². The highest BCUT2D eigenvalue weighted by molar-refractivity contribution is 5.76. The molecule has 1 amide bonds. The second kappa shape index (κ2) is 59.0. The van der Waals surface area contributed by atoms with E-state index in [0.717, 1.165) is 109 Å². The molecular formula is C75H133NO13. The summed E-state index contributed by atoms with van der Waals surface area (Å²) in [6.07, 6.45) is 64.5. The molecule has 0 aliphatic carbocycles. The van der Waals surface area contributed by atoms with Gasteiger partial charge in [0.25, 0.3) is 0 Å². The topological polar surface area (TPSA) is 228 Å². The number of ether oxygens (including phenoxy) is 4. The molecule has 89 heavy (non-hydrogen) atoms. The van der Waals surface area contributed by atoms with Crippen LogP contribution in [-0.2, 0) is 23.7 Å². The summed E-state index contributed by atoms with van der Waals surface area (Å²) in [6.45, 7) is 2.77. The molecule has 12 atom stereocenters. The van der Waals surface area contributed by atoms with Crippen LogP contribution >= 0.6 is 0 Å². The molecule has 0 radical (unpaired) electrons. The normalized spacial score (nSPS) is 23.5. The van der Waals surface area contributed by atoms with Crippen molar-refractivity contribution in [3.05, 3.63) is 85.1 Å². The van der Waals surface area contributed by atoms with Gasteiger partial charge in [-0.2, -0.15) is 0 Å². The molecule has 2 aliphatic rings. The van der Waals surface area contributed by atoms with Gasteiger partial charge in [-0.15, -0.1) is 0 Å². The number of amides is 1. The van der Waals surface area contributed by atoms with Crippen molar-refractivity contribution in [2.45, 2.75) is 364 Å². The summed E-state index contributed by atoms with van der Waals surface area (Å²) in [7, 11) is 0. The van der Waals surface area contributed by atoms with E-state index < -0.39 is 86.8 Å². The van der Waals surface area contributed by atoms with Crippen LogP contribution in [-0.4, -0.2) is 140 Å². The Balaban J connectivity index is 1.68. The van der Waals surface area contributed by atoms with Crippen molar-refractivity contribution in [1.82, 2.24) is 5.32 Å². The summed E-state index contributed by atoms with van der Waals surface area (Å²) >= 11 is 0. The van der Waals surface area contributed by atoms with Crippen molar-refractivity contribution in [1.29, 1.82) is 0 Å². The number of allylic oxidation sites excluding steroid dienone is 14. The Hall–Kier alpha value is -2.83. The molecule has 2 heterocycles. The van der Waals surface area contributed by atoms with Crippen molar-refractivity contribution >= 4 is 5.91 Å². The molecule has 2 aliphatic heterocycles. The largest absolute Gasteiger partial charge is 0.394 e. The van der Waals surface area contributed by atoms with Crippen LogP contribution in [0.25, 0.3) is 0 Å². The van der Waals surface area contributed by atoms with Crippen LogP contribution in [0, 0.1) is 0 Å². The SMILES string of the molecule is CC/C=C\C/C=C\C/C=C\C/C=C\C/C=C\C/C=C\C/C=C\CCCCCCCCCC(=O)NC(COC1OC(CO)C(OC2OC(CO)C(O)C(O)C2O)C(O)C1O)C(O)CCCCCCCCCCCCCCCCCCCCCCCCCCCC. The maximum atomic E-state index is 13.4. The van der Waals surface area contributed by atoms with E-state index in [0.29, 0.717) is 12.8 Å². The predicted octanol–water partition coefficient (Wildman–Crippen LogP) is 15.2. The lowest BCUT2D eigenvalue weighted by molar-refractivity contribution is -0.359. The summed E-state index contributed by atoms with van der Waals surface area (Å²) < 4.78 is 22.9. The Morgan fingerprint density at radius 3 is 1.19 bits per heavy atom. The zero-order chi connectivity index (χ0) is 64.5. The Labute approximate surface area is 541 Å². The molecule has 0 aromatic rings. The van der Waals surface area contributed by atoms with Gasteiger partial charge >= 0.3 is 0 Å². The number of aliphatic hydroxyl groups excluding tert-OH is 8. The molecule has 516 valence electrons. The minimum absolute atomic E-state index is 0.218. The Kier molecular flexibility index (Phi) is 54.5. The number of aliphatic hydroxyl groups is 8. The van der Waals surface area contributed by atoms with Gasteiger partial charge in [0.2, 0.25) is 5.91 Å². The highest BCUT2D eigenvalue weighted by Crippen LogP contribution is 2.30. The number of hydrogen-bond donors (Lipinski definition) is 9. The standard InChI is InChI=1S/C75H133NO13/c1-3-5-7-9-11-13-15-17-19-21-23-25-27-29-31-32-33-35-37-39-41-43-45-47-49-51-53-55-57-59-67(80)76-63(62-86-74-72(85)70(83)73(66(61-78)88-74)89-75-71(84)69(82)68(81)65(60-77)87-75)64(79)58-56-54-52-50-48-46-44-42-40-38-36-34-30-28-26-24-22-20-18-16-14-12-10-8-6-4-2/h5,7,11,13,17,19,23,25,29,31,33,35,39,41,63-66,68-75,77-79,81-85H,3-4,6,8-10,12,14-16,18,20-22,24,26-28,30,32,34,36-38,40,42-62H2,1-2H3,(H,76,80)/b7-5-,13-11-,19-17-,25-23-,31-29-,35-33-,41-39-.